The van der Waals surface area contributed by atoms with Gasteiger partial charge in [0.15, 0.2) is 0 Å². The zero-order valence-corrected chi connectivity index (χ0v) is 9.41. The minimum absolute atomic E-state index is 0.439. The summed E-state index contributed by atoms with van der Waals surface area (Å²) in [5.74, 6) is 0.614. The zero-order valence-electron chi connectivity index (χ0n) is 8.66. The number of nitrogens with one attached hydrogen (secondary N) is 1. The first-order valence-electron chi connectivity index (χ1n) is 4.47. The molecule has 5 heteroatoms. The molecule has 1 aromatic rings. The number of halogens is 1. The van der Waals surface area contributed by atoms with E-state index in [2.05, 4.69) is 27.1 Å². The normalized spacial score (nSPS) is 12.9. The Labute approximate surface area is 89.3 Å². The van der Waals surface area contributed by atoms with E-state index in [0.717, 1.165) is 6.54 Å². The molecule has 0 aromatic carbocycles. The second kappa shape index (κ2) is 5.12. The van der Waals surface area contributed by atoms with Gasteiger partial charge >= 0.3 is 0 Å². The molecule has 0 saturated heterocycles. The van der Waals surface area contributed by atoms with Crippen LogP contribution in [0.2, 0.25) is 5.02 Å². The average molecular weight is 215 g/mol. The van der Waals surface area contributed by atoms with E-state index in [0.29, 0.717) is 17.0 Å². The summed E-state index contributed by atoms with van der Waals surface area (Å²) in [7, 11) is 4.07. The highest BCUT2D eigenvalue weighted by molar-refractivity contribution is 6.30. The topological polar surface area (TPSA) is 41.1 Å². The molecule has 0 spiro atoms. The van der Waals surface area contributed by atoms with Gasteiger partial charge in [0.1, 0.15) is 0 Å². The number of hydrogen-bond donors (Lipinski definition) is 1. The van der Waals surface area contributed by atoms with Gasteiger partial charge in [-0.1, -0.05) is 11.6 Å². The molecule has 0 radical (unpaired) electrons. The van der Waals surface area contributed by atoms with Crippen LogP contribution in [-0.2, 0) is 0 Å². The molecule has 14 heavy (non-hydrogen) atoms. The number of likely N-dealkylation sites (N-methyl/N-ethyl adjacent to an activating group) is 1. The third-order valence-corrected chi connectivity index (χ3v) is 2.25. The molecule has 0 aliphatic rings. The van der Waals surface area contributed by atoms with E-state index in [-0.39, 0.29) is 0 Å². The van der Waals surface area contributed by atoms with Crippen molar-refractivity contribution in [2.24, 2.45) is 0 Å². The Morgan fingerprint density at radius 3 is 2.50 bits per heavy atom. The summed E-state index contributed by atoms with van der Waals surface area (Å²) in [4.78, 5) is 10.2. The Bertz CT molecular complexity index is 273. The van der Waals surface area contributed by atoms with E-state index in [1.54, 1.807) is 12.4 Å². The van der Waals surface area contributed by atoms with Crippen molar-refractivity contribution in [2.45, 2.75) is 13.0 Å². The summed E-state index contributed by atoms with van der Waals surface area (Å²) < 4.78 is 0. The molecule has 0 bridgehead atoms. The first-order valence-corrected chi connectivity index (χ1v) is 4.85. The summed E-state index contributed by atoms with van der Waals surface area (Å²) in [5, 5.41) is 3.68. The van der Waals surface area contributed by atoms with Gasteiger partial charge in [-0.2, -0.15) is 0 Å². The van der Waals surface area contributed by atoms with Gasteiger partial charge in [-0.15, -0.1) is 0 Å². The van der Waals surface area contributed by atoms with Gasteiger partial charge in [-0.3, -0.25) is 0 Å². The molecule has 0 amide bonds. The van der Waals surface area contributed by atoms with Crippen molar-refractivity contribution in [3.05, 3.63) is 17.4 Å². The number of anilines is 1. The SMILES string of the molecule is CC(CNc1ncc(Cl)cn1)N(C)C. The summed E-state index contributed by atoms with van der Waals surface area (Å²) in [5.41, 5.74) is 0. The second-order valence-electron chi connectivity index (χ2n) is 3.42. The summed E-state index contributed by atoms with van der Waals surface area (Å²) in [6, 6.07) is 0.439. The molecule has 1 atom stereocenters. The molecule has 0 aliphatic carbocycles. The minimum Gasteiger partial charge on any atom is -0.353 e. The Morgan fingerprint density at radius 2 is 2.00 bits per heavy atom. The van der Waals surface area contributed by atoms with Gasteiger partial charge in [0.2, 0.25) is 5.95 Å². The molecule has 1 aromatic heterocycles. The fourth-order valence-corrected chi connectivity index (χ4v) is 0.923. The van der Waals surface area contributed by atoms with Crippen molar-refractivity contribution in [3.63, 3.8) is 0 Å². The van der Waals surface area contributed by atoms with Gasteiger partial charge < -0.3 is 10.2 Å². The highest BCUT2D eigenvalue weighted by Gasteiger charge is 2.04. The Morgan fingerprint density at radius 1 is 1.43 bits per heavy atom. The maximum atomic E-state index is 5.66. The van der Waals surface area contributed by atoms with Gasteiger partial charge in [-0.05, 0) is 21.0 Å². The van der Waals surface area contributed by atoms with Crippen LogP contribution in [0.5, 0.6) is 0 Å². The van der Waals surface area contributed by atoms with Crippen LogP contribution < -0.4 is 5.32 Å². The Hall–Kier alpha value is -0.870. The highest BCUT2D eigenvalue weighted by atomic mass is 35.5. The molecule has 0 saturated carbocycles. The van der Waals surface area contributed by atoms with Crippen LogP contribution >= 0.6 is 11.6 Å². The van der Waals surface area contributed by atoms with E-state index in [9.17, 15) is 0 Å². The van der Waals surface area contributed by atoms with Crippen LogP contribution in [0, 0.1) is 0 Å². The molecular weight excluding hydrogens is 200 g/mol. The van der Waals surface area contributed by atoms with Crippen LogP contribution in [-0.4, -0.2) is 41.5 Å². The molecule has 1 rings (SSSR count). The van der Waals surface area contributed by atoms with Crippen LogP contribution in [0.4, 0.5) is 5.95 Å². The van der Waals surface area contributed by atoms with Crippen molar-refractivity contribution < 1.29 is 0 Å². The second-order valence-corrected chi connectivity index (χ2v) is 3.85. The van der Waals surface area contributed by atoms with Crippen molar-refractivity contribution in [2.75, 3.05) is 26.0 Å². The first-order chi connectivity index (χ1) is 6.59. The van der Waals surface area contributed by atoms with Gasteiger partial charge in [-0.25, -0.2) is 9.97 Å². The Kier molecular flexibility index (Phi) is 4.10. The van der Waals surface area contributed by atoms with E-state index in [4.69, 9.17) is 11.6 Å². The monoisotopic (exact) mass is 214 g/mol. The summed E-state index contributed by atoms with van der Waals surface area (Å²) >= 11 is 5.66. The predicted octanol–water partition coefficient (Wildman–Crippen LogP) is 1.49. The largest absolute Gasteiger partial charge is 0.353 e. The van der Waals surface area contributed by atoms with E-state index < -0.39 is 0 Å². The van der Waals surface area contributed by atoms with Crippen LogP contribution in [0.15, 0.2) is 12.4 Å². The highest BCUT2D eigenvalue weighted by Crippen LogP contribution is 2.05. The first kappa shape index (κ1) is 11.2. The number of rotatable bonds is 4. The van der Waals surface area contributed by atoms with Gasteiger partial charge in [0, 0.05) is 12.6 Å². The molecule has 78 valence electrons. The molecular formula is C9H15ClN4. The predicted molar refractivity (Wildman–Crippen MR) is 58.7 cm³/mol. The Balaban J connectivity index is 2.42. The van der Waals surface area contributed by atoms with Crippen molar-refractivity contribution >= 4 is 17.5 Å². The smallest absolute Gasteiger partial charge is 0.222 e. The molecule has 1 unspecified atom stereocenters. The molecule has 0 fully saturated rings. The fraction of sp³-hybridized carbons (Fsp3) is 0.556. The summed E-state index contributed by atoms with van der Waals surface area (Å²) in [6.45, 7) is 2.94. The van der Waals surface area contributed by atoms with E-state index in [1.165, 1.54) is 0 Å². The average Bonchev–Trinajstić information content (AvgIpc) is 2.16. The number of hydrogen-bond acceptors (Lipinski definition) is 4. The zero-order chi connectivity index (χ0) is 10.6. The molecule has 0 aliphatic heterocycles. The van der Waals surface area contributed by atoms with Crippen molar-refractivity contribution in [3.8, 4) is 0 Å². The van der Waals surface area contributed by atoms with Gasteiger partial charge in [0.05, 0.1) is 17.4 Å². The fourth-order valence-electron chi connectivity index (χ4n) is 0.825. The summed E-state index contributed by atoms with van der Waals surface area (Å²) in [6.07, 6.45) is 3.16. The number of nitrogens with zero attached hydrogens (tertiary/aromatic N) is 3. The van der Waals surface area contributed by atoms with Crippen LogP contribution in [0.1, 0.15) is 6.92 Å². The molecule has 1 N–H and O–H groups in total. The van der Waals surface area contributed by atoms with Crippen LogP contribution in [0.25, 0.3) is 0 Å². The maximum absolute atomic E-state index is 5.66. The van der Waals surface area contributed by atoms with Crippen LogP contribution in [0.3, 0.4) is 0 Å². The van der Waals surface area contributed by atoms with E-state index >= 15 is 0 Å². The lowest BCUT2D eigenvalue weighted by Crippen LogP contribution is -2.31. The molecule has 4 nitrogen and oxygen atoms in total. The lowest BCUT2D eigenvalue weighted by molar-refractivity contribution is 0.326. The van der Waals surface area contributed by atoms with Crippen molar-refractivity contribution in [1.82, 2.24) is 14.9 Å². The lowest BCUT2D eigenvalue weighted by Gasteiger charge is -2.19. The molecule has 1 heterocycles. The van der Waals surface area contributed by atoms with Crippen molar-refractivity contribution in [1.29, 1.82) is 0 Å². The van der Waals surface area contributed by atoms with Gasteiger partial charge in [0.25, 0.3) is 0 Å². The maximum Gasteiger partial charge on any atom is 0.222 e. The standard InChI is InChI=1S/C9H15ClN4/c1-7(14(2)3)4-11-9-12-5-8(10)6-13-9/h5-7H,4H2,1-3H3,(H,11,12,13). The lowest BCUT2D eigenvalue weighted by atomic mass is 10.3. The number of aromatic nitrogens is 2. The third-order valence-electron chi connectivity index (χ3n) is 2.06. The third kappa shape index (κ3) is 3.47. The van der Waals surface area contributed by atoms with E-state index in [1.807, 2.05) is 14.1 Å². The minimum atomic E-state index is 0.439. The quantitative estimate of drug-likeness (QED) is 0.825.